The Morgan fingerprint density at radius 2 is 1.76 bits per heavy atom. The molecule has 4 rings (SSSR count). The molecule has 0 radical (unpaired) electrons. The maximum absolute atomic E-state index is 11.3. The van der Waals surface area contributed by atoms with Crippen molar-refractivity contribution in [2.24, 2.45) is 0 Å². The van der Waals surface area contributed by atoms with E-state index in [-0.39, 0.29) is 12.3 Å². The highest BCUT2D eigenvalue weighted by atomic mass is 79.9. The molecule has 1 aliphatic heterocycles. The second-order valence-corrected chi connectivity index (χ2v) is 10.3. The molecule has 0 spiro atoms. The summed E-state index contributed by atoms with van der Waals surface area (Å²) in [5.74, 6) is 0.466. The molecule has 1 heterocycles. The summed E-state index contributed by atoms with van der Waals surface area (Å²) in [6.07, 6.45) is 2.91. The summed E-state index contributed by atoms with van der Waals surface area (Å²) < 4.78 is 6.82. The van der Waals surface area contributed by atoms with Crippen molar-refractivity contribution >= 4 is 62.7 Å². The third-order valence-electron chi connectivity index (χ3n) is 6.10. The van der Waals surface area contributed by atoms with Crippen molar-refractivity contribution in [3.63, 3.8) is 0 Å². The van der Waals surface area contributed by atoms with E-state index in [0.717, 1.165) is 41.9 Å². The van der Waals surface area contributed by atoms with Crippen LogP contribution in [-0.2, 0) is 0 Å². The molecule has 194 valence electrons. The number of hydrogen-bond acceptors (Lipinski definition) is 6. The summed E-state index contributed by atoms with van der Waals surface area (Å²) >= 11 is 16.0. The second kappa shape index (κ2) is 12.8. The van der Waals surface area contributed by atoms with Crippen molar-refractivity contribution in [2.75, 3.05) is 44.2 Å². The van der Waals surface area contributed by atoms with Gasteiger partial charge in [-0.25, -0.2) is 0 Å². The topological polar surface area (TPSA) is 79.1 Å². The van der Waals surface area contributed by atoms with Gasteiger partial charge in [-0.2, -0.15) is 0 Å². The predicted octanol–water partition coefficient (Wildman–Crippen LogP) is 6.40. The van der Waals surface area contributed by atoms with Crippen LogP contribution >= 0.6 is 39.1 Å². The lowest BCUT2D eigenvalue weighted by molar-refractivity contribution is -0.384. The van der Waals surface area contributed by atoms with Gasteiger partial charge in [0.1, 0.15) is 18.5 Å². The standard InChI is InChI=1S/C27H26BrCl2N3O4/c28-23-5-2-1-4-19(23)8-9-20-16-21(33(35)36)10-11-26(20)37-18-22(34)17-31-12-14-32(15-13-31)25-7-3-6-24(29)27(25)30/h1-11,16,22,34H,12-15,17-18H2/b9-8+. The van der Waals surface area contributed by atoms with Gasteiger partial charge in [-0.05, 0) is 29.8 Å². The molecule has 0 aromatic heterocycles. The summed E-state index contributed by atoms with van der Waals surface area (Å²) in [5.41, 5.74) is 2.37. The fourth-order valence-corrected chi connectivity index (χ4v) is 4.98. The third-order valence-corrected chi connectivity index (χ3v) is 7.63. The molecule has 3 aromatic carbocycles. The molecule has 7 nitrogen and oxygen atoms in total. The normalized spacial score (nSPS) is 15.2. The number of aliphatic hydroxyl groups is 1. The average Bonchev–Trinajstić information content (AvgIpc) is 2.89. The first-order valence-corrected chi connectivity index (χ1v) is 13.3. The van der Waals surface area contributed by atoms with Gasteiger partial charge in [0, 0.05) is 54.9 Å². The van der Waals surface area contributed by atoms with Crippen LogP contribution in [0.15, 0.2) is 65.1 Å². The molecule has 3 aromatic rings. The molecular formula is C27H26BrCl2N3O4. The summed E-state index contributed by atoms with van der Waals surface area (Å²) in [6, 6.07) is 17.7. The van der Waals surface area contributed by atoms with Gasteiger partial charge < -0.3 is 14.7 Å². The lowest BCUT2D eigenvalue weighted by Crippen LogP contribution is -2.49. The van der Waals surface area contributed by atoms with Gasteiger partial charge >= 0.3 is 0 Å². The summed E-state index contributed by atoms with van der Waals surface area (Å²) in [4.78, 5) is 15.2. The number of non-ortho nitro benzene ring substituents is 1. The zero-order valence-corrected chi connectivity index (χ0v) is 23.0. The van der Waals surface area contributed by atoms with Crippen molar-refractivity contribution in [1.82, 2.24) is 4.90 Å². The summed E-state index contributed by atoms with van der Waals surface area (Å²) in [6.45, 7) is 3.56. The Kier molecular flexibility index (Phi) is 9.45. The molecule has 1 N–H and O–H groups in total. The SMILES string of the molecule is O=[N+]([O-])c1ccc(OCC(O)CN2CCN(c3cccc(Cl)c3Cl)CC2)c(/C=C/c2ccccc2Br)c1. The molecule has 1 aliphatic rings. The molecule has 1 fully saturated rings. The van der Waals surface area contributed by atoms with Crippen LogP contribution in [0.4, 0.5) is 11.4 Å². The quantitative estimate of drug-likeness (QED) is 0.173. The Bertz CT molecular complexity index is 1280. The minimum absolute atomic E-state index is 0.0302. The maximum Gasteiger partial charge on any atom is 0.270 e. The fraction of sp³-hybridized carbons (Fsp3) is 0.259. The molecule has 0 amide bonds. The van der Waals surface area contributed by atoms with Crippen molar-refractivity contribution in [3.8, 4) is 5.75 Å². The van der Waals surface area contributed by atoms with Crippen LogP contribution in [0.3, 0.4) is 0 Å². The monoisotopic (exact) mass is 605 g/mol. The highest BCUT2D eigenvalue weighted by molar-refractivity contribution is 9.10. The number of rotatable bonds is 9. The van der Waals surface area contributed by atoms with Gasteiger partial charge in [-0.1, -0.05) is 75.5 Å². The Balaban J connectivity index is 1.35. The van der Waals surface area contributed by atoms with E-state index in [1.165, 1.54) is 12.1 Å². The van der Waals surface area contributed by atoms with Crippen LogP contribution in [0.25, 0.3) is 12.2 Å². The van der Waals surface area contributed by atoms with E-state index >= 15 is 0 Å². The number of nitro benzene ring substituents is 1. The van der Waals surface area contributed by atoms with E-state index in [1.54, 1.807) is 18.2 Å². The summed E-state index contributed by atoms with van der Waals surface area (Å²) in [7, 11) is 0. The van der Waals surface area contributed by atoms with Gasteiger partial charge in [0.15, 0.2) is 0 Å². The van der Waals surface area contributed by atoms with Gasteiger partial charge in [0.2, 0.25) is 0 Å². The van der Waals surface area contributed by atoms with Gasteiger partial charge in [0.05, 0.1) is 20.7 Å². The van der Waals surface area contributed by atoms with Gasteiger partial charge in [0.25, 0.3) is 5.69 Å². The largest absolute Gasteiger partial charge is 0.490 e. The number of hydrogen-bond donors (Lipinski definition) is 1. The minimum atomic E-state index is -0.725. The first-order chi connectivity index (χ1) is 17.8. The average molecular weight is 607 g/mol. The van der Waals surface area contributed by atoms with E-state index in [1.807, 2.05) is 42.5 Å². The third kappa shape index (κ3) is 7.24. The van der Waals surface area contributed by atoms with Crippen molar-refractivity contribution in [2.45, 2.75) is 6.10 Å². The van der Waals surface area contributed by atoms with E-state index < -0.39 is 11.0 Å². The fourth-order valence-electron chi connectivity index (χ4n) is 4.15. The number of halogens is 3. The molecule has 37 heavy (non-hydrogen) atoms. The maximum atomic E-state index is 11.3. The lowest BCUT2D eigenvalue weighted by Gasteiger charge is -2.37. The van der Waals surface area contributed by atoms with Crippen LogP contribution in [0.5, 0.6) is 5.75 Å². The zero-order chi connectivity index (χ0) is 26.4. The van der Waals surface area contributed by atoms with Crippen molar-refractivity contribution < 1.29 is 14.8 Å². The van der Waals surface area contributed by atoms with E-state index in [9.17, 15) is 15.2 Å². The molecule has 0 saturated carbocycles. The van der Waals surface area contributed by atoms with Gasteiger partial charge in [-0.15, -0.1) is 0 Å². The highest BCUT2D eigenvalue weighted by Gasteiger charge is 2.22. The van der Waals surface area contributed by atoms with Crippen LogP contribution in [-0.4, -0.2) is 60.4 Å². The Morgan fingerprint density at radius 3 is 2.49 bits per heavy atom. The van der Waals surface area contributed by atoms with E-state index in [2.05, 4.69) is 25.7 Å². The molecular weight excluding hydrogens is 581 g/mol. The minimum Gasteiger partial charge on any atom is -0.490 e. The number of anilines is 1. The molecule has 1 atom stereocenters. The first-order valence-electron chi connectivity index (χ1n) is 11.7. The molecule has 1 saturated heterocycles. The first kappa shape index (κ1) is 27.4. The number of aliphatic hydroxyl groups excluding tert-OH is 1. The molecule has 10 heteroatoms. The zero-order valence-electron chi connectivity index (χ0n) is 19.9. The number of nitro groups is 1. The summed E-state index contributed by atoms with van der Waals surface area (Å²) in [5, 5.41) is 23.0. The van der Waals surface area contributed by atoms with Crippen LogP contribution in [0.2, 0.25) is 10.0 Å². The Hall–Kier alpha value is -2.62. The van der Waals surface area contributed by atoms with E-state index in [0.29, 0.717) is 27.9 Å². The lowest BCUT2D eigenvalue weighted by atomic mass is 10.1. The van der Waals surface area contributed by atoms with Crippen LogP contribution in [0.1, 0.15) is 11.1 Å². The molecule has 1 unspecified atom stereocenters. The van der Waals surface area contributed by atoms with E-state index in [4.69, 9.17) is 27.9 Å². The van der Waals surface area contributed by atoms with Crippen molar-refractivity contribution in [1.29, 1.82) is 0 Å². The highest BCUT2D eigenvalue weighted by Crippen LogP contribution is 2.33. The van der Waals surface area contributed by atoms with Crippen LogP contribution < -0.4 is 9.64 Å². The smallest absolute Gasteiger partial charge is 0.270 e. The Morgan fingerprint density at radius 1 is 1.03 bits per heavy atom. The van der Waals surface area contributed by atoms with Gasteiger partial charge in [-0.3, -0.25) is 15.0 Å². The van der Waals surface area contributed by atoms with Crippen molar-refractivity contribution in [3.05, 3.63) is 96.4 Å². The Labute approximate surface area is 234 Å². The second-order valence-electron chi connectivity index (χ2n) is 8.66. The number of β-amino-alcohol motifs (C(OH)–C–C–N with tert-alkyl or cyclic N) is 1. The molecule has 0 aliphatic carbocycles. The number of ether oxygens (including phenoxy) is 1. The predicted molar refractivity (Wildman–Crippen MR) is 153 cm³/mol. The number of piperazine rings is 1. The molecule has 0 bridgehead atoms. The number of benzene rings is 3. The van der Waals surface area contributed by atoms with Crippen LogP contribution in [0, 0.1) is 10.1 Å². The number of nitrogens with zero attached hydrogens (tertiary/aromatic N) is 3.